The summed E-state index contributed by atoms with van der Waals surface area (Å²) in [5, 5.41) is 6.93. The predicted molar refractivity (Wildman–Crippen MR) is 73.6 cm³/mol. The summed E-state index contributed by atoms with van der Waals surface area (Å²) < 4.78 is 39.6. The Morgan fingerprint density at radius 1 is 1.35 bits per heavy atom. The van der Waals surface area contributed by atoms with Crippen LogP contribution in [0.2, 0.25) is 0 Å². The molecule has 1 aromatic heterocycles. The molecule has 0 aliphatic rings. The molecule has 2 rings (SSSR count). The van der Waals surface area contributed by atoms with Crippen LogP contribution in [0.3, 0.4) is 0 Å². The number of hydrogen-bond acceptors (Lipinski definition) is 2. The SMILES string of the molecule is CCNCc1ccc(-n2cc(C(F)(F)F)cn2)cc1Br. The van der Waals surface area contributed by atoms with E-state index in [0.717, 1.165) is 29.0 Å². The number of halogens is 4. The Labute approximate surface area is 122 Å². The molecule has 0 fully saturated rings. The topological polar surface area (TPSA) is 29.9 Å². The van der Waals surface area contributed by atoms with E-state index >= 15 is 0 Å². The summed E-state index contributed by atoms with van der Waals surface area (Å²) in [7, 11) is 0. The average molecular weight is 348 g/mol. The summed E-state index contributed by atoms with van der Waals surface area (Å²) in [5.41, 5.74) is 0.858. The van der Waals surface area contributed by atoms with Crippen molar-refractivity contribution >= 4 is 15.9 Å². The van der Waals surface area contributed by atoms with E-state index < -0.39 is 11.7 Å². The second-order valence-electron chi connectivity index (χ2n) is 4.23. The Kier molecular flexibility index (Phi) is 4.49. The molecule has 3 nitrogen and oxygen atoms in total. The van der Waals surface area contributed by atoms with Gasteiger partial charge in [-0.2, -0.15) is 18.3 Å². The van der Waals surface area contributed by atoms with Gasteiger partial charge in [0.1, 0.15) is 0 Å². The third kappa shape index (κ3) is 3.40. The van der Waals surface area contributed by atoms with Gasteiger partial charge in [-0.05, 0) is 24.2 Å². The maximum Gasteiger partial charge on any atom is 0.419 e. The van der Waals surface area contributed by atoms with Crippen LogP contribution in [0.1, 0.15) is 18.1 Å². The average Bonchev–Trinajstić information content (AvgIpc) is 2.86. The highest BCUT2D eigenvalue weighted by Gasteiger charge is 2.32. The molecule has 0 bridgehead atoms. The van der Waals surface area contributed by atoms with Crippen LogP contribution in [0.4, 0.5) is 13.2 Å². The van der Waals surface area contributed by atoms with Gasteiger partial charge in [0.05, 0.1) is 17.4 Å². The highest BCUT2D eigenvalue weighted by atomic mass is 79.9. The quantitative estimate of drug-likeness (QED) is 0.912. The van der Waals surface area contributed by atoms with E-state index in [2.05, 4.69) is 26.3 Å². The second kappa shape index (κ2) is 5.97. The molecule has 0 saturated carbocycles. The zero-order chi connectivity index (χ0) is 14.8. The molecular weight excluding hydrogens is 335 g/mol. The van der Waals surface area contributed by atoms with Crippen molar-refractivity contribution in [3.8, 4) is 5.69 Å². The van der Waals surface area contributed by atoms with Crippen molar-refractivity contribution in [3.05, 3.63) is 46.2 Å². The summed E-state index contributed by atoms with van der Waals surface area (Å²) >= 11 is 3.42. The van der Waals surface area contributed by atoms with Gasteiger partial charge in [0, 0.05) is 17.2 Å². The minimum atomic E-state index is -4.37. The molecule has 0 aliphatic heterocycles. The van der Waals surface area contributed by atoms with Crippen LogP contribution in [0.5, 0.6) is 0 Å². The lowest BCUT2D eigenvalue weighted by molar-refractivity contribution is -0.137. The molecular formula is C13H13BrF3N3. The molecule has 1 heterocycles. The first-order valence-corrected chi connectivity index (χ1v) is 6.82. The van der Waals surface area contributed by atoms with E-state index in [1.807, 2.05) is 13.0 Å². The van der Waals surface area contributed by atoms with Gasteiger partial charge in [0.2, 0.25) is 0 Å². The van der Waals surface area contributed by atoms with Gasteiger partial charge in [0.25, 0.3) is 0 Å². The van der Waals surface area contributed by atoms with Crippen LogP contribution in [-0.4, -0.2) is 16.3 Å². The fraction of sp³-hybridized carbons (Fsp3) is 0.308. The number of nitrogens with zero attached hydrogens (tertiary/aromatic N) is 2. The van der Waals surface area contributed by atoms with E-state index in [9.17, 15) is 13.2 Å². The largest absolute Gasteiger partial charge is 0.419 e. The molecule has 0 amide bonds. The molecule has 0 spiro atoms. The van der Waals surface area contributed by atoms with Gasteiger partial charge < -0.3 is 5.32 Å². The zero-order valence-corrected chi connectivity index (χ0v) is 12.3. The Bertz CT molecular complexity index is 593. The summed E-state index contributed by atoms with van der Waals surface area (Å²) in [5.74, 6) is 0. The van der Waals surface area contributed by atoms with Crippen molar-refractivity contribution in [1.29, 1.82) is 0 Å². The third-order valence-electron chi connectivity index (χ3n) is 2.78. The van der Waals surface area contributed by atoms with Crippen LogP contribution < -0.4 is 5.32 Å². The van der Waals surface area contributed by atoms with Gasteiger partial charge in [-0.25, -0.2) is 4.68 Å². The van der Waals surface area contributed by atoms with E-state index in [-0.39, 0.29) is 0 Å². The Balaban J connectivity index is 2.25. The number of aromatic nitrogens is 2. The molecule has 0 radical (unpaired) electrons. The van der Waals surface area contributed by atoms with Crippen molar-refractivity contribution in [1.82, 2.24) is 15.1 Å². The highest BCUT2D eigenvalue weighted by Crippen LogP contribution is 2.29. The molecule has 108 valence electrons. The fourth-order valence-electron chi connectivity index (χ4n) is 1.69. The standard InChI is InChI=1S/C13H13BrF3N3/c1-2-18-6-9-3-4-11(5-12(9)14)20-8-10(7-19-20)13(15,16)17/h3-5,7-8,18H,2,6H2,1H3. The molecule has 2 aromatic rings. The van der Waals surface area contributed by atoms with Crippen LogP contribution in [0, 0.1) is 0 Å². The summed E-state index contributed by atoms with van der Waals surface area (Å²) in [6.07, 6.45) is -2.58. The number of alkyl halides is 3. The van der Waals surface area contributed by atoms with E-state index in [1.54, 1.807) is 12.1 Å². The fourth-order valence-corrected chi connectivity index (χ4v) is 2.20. The molecule has 1 N–H and O–H groups in total. The van der Waals surface area contributed by atoms with E-state index in [1.165, 1.54) is 4.68 Å². The maximum absolute atomic E-state index is 12.5. The molecule has 0 atom stereocenters. The van der Waals surface area contributed by atoms with Gasteiger partial charge in [-0.1, -0.05) is 28.9 Å². The lowest BCUT2D eigenvalue weighted by Gasteiger charge is -2.08. The van der Waals surface area contributed by atoms with Crippen molar-refractivity contribution in [2.24, 2.45) is 0 Å². The number of nitrogens with one attached hydrogen (secondary N) is 1. The third-order valence-corrected chi connectivity index (χ3v) is 3.51. The summed E-state index contributed by atoms with van der Waals surface area (Å²) in [6.45, 7) is 3.55. The molecule has 1 aromatic carbocycles. The molecule has 0 saturated heterocycles. The maximum atomic E-state index is 12.5. The van der Waals surface area contributed by atoms with Gasteiger partial charge in [-0.3, -0.25) is 0 Å². The number of hydrogen-bond donors (Lipinski definition) is 1. The minimum Gasteiger partial charge on any atom is -0.313 e. The zero-order valence-electron chi connectivity index (χ0n) is 10.7. The molecule has 0 unspecified atom stereocenters. The normalized spacial score (nSPS) is 11.8. The van der Waals surface area contributed by atoms with Crippen LogP contribution in [0.15, 0.2) is 35.1 Å². The monoisotopic (exact) mass is 347 g/mol. The smallest absolute Gasteiger partial charge is 0.313 e. The Hall–Kier alpha value is -1.34. The number of rotatable bonds is 4. The minimum absolute atomic E-state index is 0.577. The first-order valence-electron chi connectivity index (χ1n) is 6.03. The van der Waals surface area contributed by atoms with Gasteiger partial charge in [-0.15, -0.1) is 0 Å². The number of benzene rings is 1. The van der Waals surface area contributed by atoms with Crippen LogP contribution >= 0.6 is 15.9 Å². The van der Waals surface area contributed by atoms with E-state index in [4.69, 9.17) is 0 Å². The van der Waals surface area contributed by atoms with Crippen molar-refractivity contribution in [2.45, 2.75) is 19.6 Å². The lowest BCUT2D eigenvalue weighted by atomic mass is 10.2. The predicted octanol–water partition coefficient (Wildman–Crippen LogP) is 3.76. The van der Waals surface area contributed by atoms with Crippen molar-refractivity contribution < 1.29 is 13.2 Å². The van der Waals surface area contributed by atoms with Crippen LogP contribution in [-0.2, 0) is 12.7 Å². The lowest BCUT2D eigenvalue weighted by Crippen LogP contribution is -2.12. The summed E-state index contributed by atoms with van der Waals surface area (Å²) in [6, 6.07) is 5.35. The van der Waals surface area contributed by atoms with Crippen molar-refractivity contribution in [3.63, 3.8) is 0 Å². The van der Waals surface area contributed by atoms with Crippen LogP contribution in [0.25, 0.3) is 5.69 Å². The van der Waals surface area contributed by atoms with E-state index in [0.29, 0.717) is 12.2 Å². The first kappa shape index (κ1) is 15.1. The van der Waals surface area contributed by atoms with Crippen molar-refractivity contribution in [2.75, 3.05) is 6.54 Å². The van der Waals surface area contributed by atoms with Gasteiger partial charge in [0.15, 0.2) is 0 Å². The Morgan fingerprint density at radius 3 is 2.65 bits per heavy atom. The molecule has 7 heteroatoms. The first-order chi connectivity index (χ1) is 9.41. The summed E-state index contributed by atoms with van der Waals surface area (Å²) in [4.78, 5) is 0. The molecule has 0 aliphatic carbocycles. The Morgan fingerprint density at radius 2 is 2.10 bits per heavy atom. The molecule has 20 heavy (non-hydrogen) atoms. The van der Waals surface area contributed by atoms with Gasteiger partial charge >= 0.3 is 6.18 Å². The second-order valence-corrected chi connectivity index (χ2v) is 5.08. The highest BCUT2D eigenvalue weighted by molar-refractivity contribution is 9.10.